The first-order valence-electron chi connectivity index (χ1n) is 9.30. The van der Waals surface area contributed by atoms with Gasteiger partial charge < -0.3 is 19.5 Å². The second kappa shape index (κ2) is 8.33. The molecule has 2 aromatic carbocycles. The summed E-state index contributed by atoms with van der Waals surface area (Å²) in [5, 5.41) is 3.16. The van der Waals surface area contributed by atoms with Crippen molar-refractivity contribution in [2.75, 3.05) is 20.3 Å². The maximum Gasteiger partial charge on any atom is 0.224 e. The van der Waals surface area contributed by atoms with E-state index in [1.807, 2.05) is 43.3 Å². The van der Waals surface area contributed by atoms with Crippen LogP contribution in [-0.4, -0.2) is 26.2 Å². The predicted octanol–water partition coefficient (Wildman–Crippen LogP) is 3.83. The number of aryl methyl sites for hydroxylation is 1. The average Bonchev–Trinajstić information content (AvgIpc) is 2.67. The van der Waals surface area contributed by atoms with Gasteiger partial charge in [-0.25, -0.2) is 0 Å². The van der Waals surface area contributed by atoms with E-state index in [1.165, 1.54) is 0 Å². The van der Waals surface area contributed by atoms with Crippen LogP contribution in [0.15, 0.2) is 36.4 Å². The first kappa shape index (κ1) is 19.1. The van der Waals surface area contributed by atoms with Crippen LogP contribution >= 0.6 is 0 Å². The van der Waals surface area contributed by atoms with Crippen LogP contribution in [-0.2, 0) is 11.2 Å². The van der Waals surface area contributed by atoms with Crippen LogP contribution in [0.5, 0.6) is 17.2 Å². The van der Waals surface area contributed by atoms with Crippen molar-refractivity contribution in [3.8, 4) is 17.2 Å². The molecular weight excluding hydrogens is 342 g/mol. The molecule has 0 aromatic heterocycles. The summed E-state index contributed by atoms with van der Waals surface area (Å²) in [4.78, 5) is 12.7. The Kier molecular flexibility index (Phi) is 5.89. The average molecular weight is 369 g/mol. The standard InChI is InChI=1S/C22H27NO4/c1-14(2)22(17-7-8-18-20(13-17)27-10-9-26-18)23-21(24)12-16-6-5-15(3)19(11-16)25-4/h5-8,11,13-14,22H,9-10,12H2,1-4H3,(H,23,24)/t22-/m1/s1. The summed E-state index contributed by atoms with van der Waals surface area (Å²) < 4.78 is 16.6. The van der Waals surface area contributed by atoms with Gasteiger partial charge in [-0.15, -0.1) is 0 Å². The summed E-state index contributed by atoms with van der Waals surface area (Å²) in [6.45, 7) is 7.29. The minimum Gasteiger partial charge on any atom is -0.496 e. The molecule has 0 bridgehead atoms. The summed E-state index contributed by atoms with van der Waals surface area (Å²) in [5.41, 5.74) is 3.00. The van der Waals surface area contributed by atoms with E-state index < -0.39 is 0 Å². The number of benzene rings is 2. The normalized spacial score (nSPS) is 14.0. The Bertz CT molecular complexity index is 816. The third-order valence-corrected chi connectivity index (χ3v) is 4.75. The number of carbonyl (C=O) groups excluding carboxylic acids is 1. The van der Waals surface area contributed by atoms with E-state index in [-0.39, 0.29) is 17.9 Å². The molecule has 1 amide bonds. The van der Waals surface area contributed by atoms with Gasteiger partial charge in [-0.05, 0) is 47.7 Å². The summed E-state index contributed by atoms with van der Waals surface area (Å²) in [5.74, 6) is 2.51. The van der Waals surface area contributed by atoms with Crippen molar-refractivity contribution in [1.29, 1.82) is 0 Å². The lowest BCUT2D eigenvalue weighted by Gasteiger charge is -2.25. The van der Waals surface area contributed by atoms with Gasteiger partial charge in [0, 0.05) is 0 Å². The quantitative estimate of drug-likeness (QED) is 0.841. The molecule has 1 heterocycles. The monoisotopic (exact) mass is 369 g/mol. The summed E-state index contributed by atoms with van der Waals surface area (Å²) >= 11 is 0. The van der Waals surface area contributed by atoms with Gasteiger partial charge in [0.25, 0.3) is 0 Å². The Hall–Kier alpha value is -2.69. The number of methoxy groups -OCH3 is 1. The third-order valence-electron chi connectivity index (χ3n) is 4.75. The van der Waals surface area contributed by atoms with Crippen molar-refractivity contribution in [3.05, 3.63) is 53.1 Å². The Morgan fingerprint density at radius 3 is 2.56 bits per heavy atom. The van der Waals surface area contributed by atoms with Crippen LogP contribution in [0.2, 0.25) is 0 Å². The topological polar surface area (TPSA) is 56.8 Å². The van der Waals surface area contributed by atoms with E-state index in [9.17, 15) is 4.79 Å². The Morgan fingerprint density at radius 1 is 1.11 bits per heavy atom. The summed E-state index contributed by atoms with van der Waals surface area (Å²) in [6, 6.07) is 11.6. The largest absolute Gasteiger partial charge is 0.496 e. The number of carbonyl (C=O) groups is 1. The zero-order valence-corrected chi connectivity index (χ0v) is 16.4. The van der Waals surface area contributed by atoms with Crippen LogP contribution < -0.4 is 19.5 Å². The highest BCUT2D eigenvalue weighted by atomic mass is 16.6. The molecule has 144 valence electrons. The molecule has 3 rings (SSSR count). The lowest BCUT2D eigenvalue weighted by atomic mass is 9.95. The Morgan fingerprint density at radius 2 is 1.85 bits per heavy atom. The molecule has 1 aliphatic rings. The van der Waals surface area contributed by atoms with Crippen molar-refractivity contribution >= 4 is 5.91 Å². The van der Waals surface area contributed by atoms with E-state index in [1.54, 1.807) is 7.11 Å². The Labute approximate surface area is 160 Å². The molecule has 0 fully saturated rings. The first-order valence-corrected chi connectivity index (χ1v) is 9.30. The molecule has 0 spiro atoms. The fraction of sp³-hybridized carbons (Fsp3) is 0.409. The maximum atomic E-state index is 12.7. The van der Waals surface area contributed by atoms with Crippen LogP contribution in [0.25, 0.3) is 0 Å². The van der Waals surface area contributed by atoms with E-state index >= 15 is 0 Å². The van der Waals surface area contributed by atoms with Crippen molar-refractivity contribution < 1.29 is 19.0 Å². The van der Waals surface area contributed by atoms with E-state index in [0.717, 1.165) is 33.9 Å². The first-order chi connectivity index (χ1) is 13.0. The number of nitrogens with one attached hydrogen (secondary N) is 1. The molecule has 5 heteroatoms. The minimum absolute atomic E-state index is 0.0190. The number of rotatable bonds is 6. The van der Waals surface area contributed by atoms with Gasteiger partial charge in [0.1, 0.15) is 19.0 Å². The fourth-order valence-corrected chi connectivity index (χ4v) is 3.27. The van der Waals surface area contributed by atoms with Gasteiger partial charge in [-0.2, -0.15) is 0 Å². The van der Waals surface area contributed by atoms with E-state index in [4.69, 9.17) is 14.2 Å². The number of hydrogen-bond acceptors (Lipinski definition) is 4. The minimum atomic E-state index is -0.0966. The zero-order chi connectivity index (χ0) is 19.4. The van der Waals surface area contributed by atoms with E-state index in [2.05, 4.69) is 19.2 Å². The SMILES string of the molecule is COc1cc(CC(=O)N[C@@H](c2ccc3c(c2)OCCO3)C(C)C)ccc1C. The maximum absolute atomic E-state index is 12.7. The molecule has 1 N–H and O–H groups in total. The van der Waals surface area contributed by atoms with Crippen LogP contribution in [0.4, 0.5) is 0 Å². The smallest absolute Gasteiger partial charge is 0.224 e. The highest BCUT2D eigenvalue weighted by molar-refractivity contribution is 5.79. The van der Waals surface area contributed by atoms with Gasteiger partial charge in [-0.1, -0.05) is 32.0 Å². The van der Waals surface area contributed by atoms with Gasteiger partial charge in [-0.3, -0.25) is 4.79 Å². The number of ether oxygens (including phenoxy) is 3. The number of amides is 1. The van der Waals surface area contributed by atoms with Crippen LogP contribution in [0.3, 0.4) is 0 Å². The van der Waals surface area contributed by atoms with Crippen molar-refractivity contribution in [1.82, 2.24) is 5.32 Å². The summed E-state index contributed by atoms with van der Waals surface area (Å²) in [7, 11) is 1.64. The number of fused-ring (bicyclic) bond motifs is 1. The van der Waals surface area contributed by atoms with Gasteiger partial charge in [0.15, 0.2) is 11.5 Å². The highest BCUT2D eigenvalue weighted by Gasteiger charge is 2.21. The number of hydrogen-bond donors (Lipinski definition) is 1. The molecular formula is C22H27NO4. The van der Waals surface area contributed by atoms with Crippen molar-refractivity contribution in [2.45, 2.75) is 33.2 Å². The molecule has 0 unspecified atom stereocenters. The molecule has 0 radical (unpaired) electrons. The molecule has 0 aliphatic carbocycles. The van der Waals surface area contributed by atoms with Gasteiger partial charge in [0.2, 0.25) is 5.91 Å². The van der Waals surface area contributed by atoms with Crippen molar-refractivity contribution in [3.63, 3.8) is 0 Å². The van der Waals surface area contributed by atoms with Crippen LogP contribution in [0.1, 0.15) is 36.6 Å². The molecule has 1 atom stereocenters. The van der Waals surface area contributed by atoms with E-state index in [0.29, 0.717) is 19.6 Å². The zero-order valence-electron chi connectivity index (χ0n) is 16.4. The third kappa shape index (κ3) is 4.54. The predicted molar refractivity (Wildman–Crippen MR) is 105 cm³/mol. The van der Waals surface area contributed by atoms with Gasteiger partial charge in [0.05, 0.1) is 19.6 Å². The molecule has 5 nitrogen and oxygen atoms in total. The summed E-state index contributed by atoms with van der Waals surface area (Å²) in [6.07, 6.45) is 0.310. The molecule has 2 aromatic rings. The fourth-order valence-electron chi connectivity index (χ4n) is 3.27. The van der Waals surface area contributed by atoms with Crippen molar-refractivity contribution in [2.24, 2.45) is 5.92 Å². The lowest BCUT2D eigenvalue weighted by Crippen LogP contribution is -2.33. The second-order valence-electron chi connectivity index (χ2n) is 7.17. The lowest BCUT2D eigenvalue weighted by molar-refractivity contribution is -0.121. The molecule has 1 aliphatic heterocycles. The van der Waals surface area contributed by atoms with Gasteiger partial charge >= 0.3 is 0 Å². The van der Waals surface area contributed by atoms with Crippen LogP contribution in [0, 0.1) is 12.8 Å². The second-order valence-corrected chi connectivity index (χ2v) is 7.17. The molecule has 0 saturated carbocycles. The Balaban J connectivity index is 1.73. The molecule has 0 saturated heterocycles. The highest BCUT2D eigenvalue weighted by Crippen LogP contribution is 2.34. The molecule has 27 heavy (non-hydrogen) atoms.